The molecule has 3 amide bonds. The molecule has 1 saturated carbocycles. The predicted molar refractivity (Wildman–Crippen MR) is 130 cm³/mol. The Bertz CT molecular complexity index is 1220. The minimum Gasteiger partial charge on any atom is -0.480 e. The largest absolute Gasteiger partial charge is 0.480 e. The van der Waals surface area contributed by atoms with Crippen molar-refractivity contribution in [2.75, 3.05) is 7.05 Å². The summed E-state index contributed by atoms with van der Waals surface area (Å²) < 4.78 is 6.85. The van der Waals surface area contributed by atoms with E-state index in [0.717, 1.165) is 12.8 Å². The zero-order valence-corrected chi connectivity index (χ0v) is 20.9. The molecule has 1 heterocycles. The molecule has 11 nitrogen and oxygen atoms in total. The van der Waals surface area contributed by atoms with Crippen LogP contribution < -0.4 is 15.6 Å². The highest BCUT2D eigenvalue weighted by Crippen LogP contribution is 2.42. The van der Waals surface area contributed by atoms with Gasteiger partial charge in [-0.15, -0.1) is 0 Å². The summed E-state index contributed by atoms with van der Waals surface area (Å²) in [5.74, 6) is -3.16. The zero-order chi connectivity index (χ0) is 27.2. The zero-order valence-electron chi connectivity index (χ0n) is 20.2. The number of nitrogens with two attached hydrogens (primary N) is 1. The molecule has 0 spiro atoms. The lowest BCUT2D eigenvalue weighted by Gasteiger charge is -2.43. The van der Waals surface area contributed by atoms with E-state index in [-0.39, 0.29) is 18.1 Å². The molecule has 0 saturated heterocycles. The first-order chi connectivity index (χ1) is 17.6. The minimum absolute atomic E-state index is 0.0672. The number of hydrogen-bond donors (Lipinski definition) is 3. The van der Waals surface area contributed by atoms with Crippen molar-refractivity contribution in [1.29, 1.82) is 0 Å². The van der Waals surface area contributed by atoms with E-state index in [0.29, 0.717) is 23.4 Å². The molecule has 1 unspecified atom stereocenters. The average Bonchev–Trinajstić information content (AvgIpc) is 2.87. The molecule has 2 aromatic rings. The molecule has 196 valence electrons. The summed E-state index contributed by atoms with van der Waals surface area (Å²) in [6, 6.07) is 8.35. The van der Waals surface area contributed by atoms with E-state index in [1.807, 2.05) is 0 Å². The van der Waals surface area contributed by atoms with Gasteiger partial charge in [-0.25, -0.2) is 9.59 Å². The van der Waals surface area contributed by atoms with Crippen molar-refractivity contribution in [3.05, 3.63) is 64.9 Å². The Morgan fingerprint density at radius 1 is 1.22 bits per heavy atom. The van der Waals surface area contributed by atoms with Gasteiger partial charge in [0.15, 0.2) is 18.2 Å². The Morgan fingerprint density at radius 3 is 2.59 bits per heavy atom. The van der Waals surface area contributed by atoms with Crippen LogP contribution >= 0.6 is 11.6 Å². The average molecular weight is 532 g/mol. The summed E-state index contributed by atoms with van der Waals surface area (Å²) in [6.45, 7) is -0.291. The second kappa shape index (κ2) is 11.8. The number of Topliss-reactive ketones (excluding diaryl/α,β-unsaturated/α-hetero) is 1. The van der Waals surface area contributed by atoms with Crippen molar-refractivity contribution in [3.8, 4) is 0 Å². The maximum Gasteiger partial charge on any atom is 0.415 e. The number of carboxylic acids is 1. The first-order valence-electron chi connectivity index (χ1n) is 11.6. The normalized spacial score (nSPS) is 17.9. The Hall–Kier alpha value is -3.99. The van der Waals surface area contributed by atoms with Gasteiger partial charge in [-0.3, -0.25) is 19.3 Å². The fourth-order valence-corrected chi connectivity index (χ4v) is 4.68. The number of ketones is 1. The van der Waals surface area contributed by atoms with Crippen LogP contribution in [0.3, 0.4) is 0 Å². The molecule has 1 aromatic carbocycles. The van der Waals surface area contributed by atoms with Crippen molar-refractivity contribution in [2.24, 2.45) is 5.73 Å². The number of carboxylic acid groups (broad SMARTS) is 1. The Kier molecular flexibility index (Phi) is 8.82. The highest BCUT2D eigenvalue weighted by molar-refractivity contribution is 6.31. The van der Waals surface area contributed by atoms with Crippen molar-refractivity contribution in [3.63, 3.8) is 0 Å². The van der Waals surface area contributed by atoms with Gasteiger partial charge < -0.3 is 20.9 Å². The fourth-order valence-electron chi connectivity index (χ4n) is 4.39. The second-order valence-electron chi connectivity index (χ2n) is 8.71. The van der Waals surface area contributed by atoms with Gasteiger partial charge in [0, 0.05) is 30.1 Å². The van der Waals surface area contributed by atoms with Gasteiger partial charge in [0.25, 0.3) is 12.6 Å². The number of aromatic nitrogens is 1. The molecule has 3 rings (SSSR count). The molecular weight excluding hydrogens is 504 g/mol. The van der Waals surface area contributed by atoms with Crippen molar-refractivity contribution in [2.45, 2.75) is 50.4 Å². The third-order valence-corrected chi connectivity index (χ3v) is 6.62. The van der Waals surface area contributed by atoms with Crippen LogP contribution in [0.25, 0.3) is 0 Å². The first kappa shape index (κ1) is 27.6. The predicted octanol–water partition coefficient (Wildman–Crippen LogP) is 1.75. The lowest BCUT2D eigenvalue weighted by Crippen LogP contribution is -2.55. The summed E-state index contributed by atoms with van der Waals surface area (Å²) in [6.07, 6.45) is 3.73. The summed E-state index contributed by atoms with van der Waals surface area (Å²) in [7, 11) is 1.49. The van der Waals surface area contributed by atoms with Gasteiger partial charge in [-0.1, -0.05) is 29.8 Å². The van der Waals surface area contributed by atoms with Gasteiger partial charge in [0.2, 0.25) is 5.91 Å². The number of nitrogens with one attached hydrogen (secondary N) is 1. The lowest BCUT2D eigenvalue weighted by atomic mass is 9.74. The van der Waals surface area contributed by atoms with Gasteiger partial charge in [0.05, 0.1) is 6.42 Å². The molecule has 0 aliphatic heterocycles. The van der Waals surface area contributed by atoms with Crippen molar-refractivity contribution in [1.82, 2.24) is 10.2 Å². The molecule has 1 fully saturated rings. The quantitative estimate of drug-likeness (QED) is 0.415. The summed E-state index contributed by atoms with van der Waals surface area (Å²) in [5.41, 5.74) is 4.39. The first-order valence-corrected chi connectivity index (χ1v) is 11.9. The minimum atomic E-state index is -1.49. The smallest absolute Gasteiger partial charge is 0.415 e. The van der Waals surface area contributed by atoms with E-state index < -0.39 is 41.9 Å². The van der Waals surface area contributed by atoms with Gasteiger partial charge >= 0.3 is 12.1 Å². The van der Waals surface area contributed by atoms with E-state index >= 15 is 0 Å². The van der Waals surface area contributed by atoms with Crippen LogP contribution in [-0.4, -0.2) is 52.8 Å². The Balaban J connectivity index is 1.74. The number of ether oxygens (including phenoxy) is 1. The summed E-state index contributed by atoms with van der Waals surface area (Å²) in [5, 5.41) is 11.8. The van der Waals surface area contributed by atoms with Gasteiger partial charge in [-0.05, 0) is 31.4 Å². The monoisotopic (exact) mass is 531 g/mol. The molecule has 1 aromatic heterocycles. The summed E-state index contributed by atoms with van der Waals surface area (Å²) in [4.78, 5) is 62.4. The molecule has 0 radical (unpaired) electrons. The molecule has 1 aliphatic carbocycles. The highest BCUT2D eigenvalue weighted by atomic mass is 35.5. The molecule has 4 N–H and O–H groups in total. The number of likely N-dealkylation sites (N-methyl/N-ethyl adjacent to an activating group) is 1. The van der Waals surface area contributed by atoms with E-state index in [4.69, 9.17) is 22.1 Å². The number of pyridine rings is 1. The van der Waals surface area contributed by atoms with Crippen LogP contribution in [0, 0.1) is 0 Å². The molecule has 2 atom stereocenters. The third-order valence-electron chi connectivity index (χ3n) is 6.29. The standard InChI is InChI=1S/C25H27ClN4O7/c1-29(25(11-5-4-10-20(25)31)17-8-2-3-9-18(17)26)24(36)37-15-30-12-6-7-16(14-30)22(33)28-19(23(34)35)13-21(27)32/h2-3,6-9,12,14,19H,4-5,10-11,13,15H2,1H3,(H3-,27,28,32,33,34,35)/p+1/t19-,25?/m0/s1. The maximum atomic E-state index is 13.2. The number of hydrogen-bond acceptors (Lipinski definition) is 6. The van der Waals surface area contributed by atoms with Crippen molar-refractivity contribution >= 4 is 41.3 Å². The molecule has 1 aliphatic rings. The van der Waals surface area contributed by atoms with Crippen LogP contribution in [0.15, 0.2) is 48.8 Å². The number of rotatable bonds is 9. The second-order valence-corrected chi connectivity index (χ2v) is 9.12. The molecule has 37 heavy (non-hydrogen) atoms. The highest BCUT2D eigenvalue weighted by Gasteiger charge is 2.48. The molecule has 0 bridgehead atoms. The maximum absolute atomic E-state index is 13.2. The van der Waals surface area contributed by atoms with Crippen LogP contribution in [0.5, 0.6) is 0 Å². The summed E-state index contributed by atoms with van der Waals surface area (Å²) >= 11 is 6.43. The number of primary amides is 1. The van der Waals surface area contributed by atoms with Crippen LogP contribution in [0.4, 0.5) is 4.79 Å². The number of halogens is 1. The number of nitrogens with zero attached hydrogens (tertiary/aromatic N) is 2. The van der Waals surface area contributed by atoms with Gasteiger partial charge in [-0.2, -0.15) is 4.57 Å². The number of aliphatic carboxylic acids is 1. The van der Waals surface area contributed by atoms with E-state index in [2.05, 4.69) is 5.32 Å². The SMILES string of the molecule is CN(C(=O)OC[n+]1cccc(C(=O)N[C@@H](CC(N)=O)C(=O)O)c1)C1(c2ccccc2Cl)CCCCC1=O. The lowest BCUT2D eigenvalue weighted by molar-refractivity contribution is -0.727. The van der Waals surface area contributed by atoms with E-state index in [9.17, 15) is 29.1 Å². The van der Waals surface area contributed by atoms with E-state index in [1.54, 1.807) is 24.3 Å². The van der Waals surface area contributed by atoms with Crippen LogP contribution in [0.1, 0.15) is 48.0 Å². The van der Waals surface area contributed by atoms with Crippen molar-refractivity contribution < 1.29 is 38.4 Å². The number of amides is 3. The van der Waals surface area contributed by atoms with Gasteiger partial charge in [0.1, 0.15) is 17.1 Å². The fraction of sp³-hybridized carbons (Fsp3) is 0.360. The number of carbonyl (C=O) groups excluding carboxylic acids is 4. The molecular formula is C25H28ClN4O7+. The van der Waals surface area contributed by atoms with Crippen LogP contribution in [-0.2, 0) is 31.4 Å². The Labute approximate surface area is 218 Å². The Morgan fingerprint density at radius 2 is 1.95 bits per heavy atom. The van der Waals surface area contributed by atoms with Crippen LogP contribution in [0.2, 0.25) is 5.02 Å². The number of benzene rings is 1. The van der Waals surface area contributed by atoms with E-state index in [1.165, 1.54) is 41.0 Å². The number of carbonyl (C=O) groups is 5. The topological polar surface area (TPSA) is 160 Å². The molecule has 12 heteroatoms. The third kappa shape index (κ3) is 6.23.